The van der Waals surface area contributed by atoms with Crippen molar-refractivity contribution in [3.05, 3.63) is 182 Å². The Morgan fingerprint density at radius 3 is 1.84 bits per heavy atom. The van der Waals surface area contributed by atoms with Crippen LogP contribution in [0.3, 0.4) is 0 Å². The molecule has 57 heavy (non-hydrogen) atoms. The lowest BCUT2D eigenvalue weighted by Crippen LogP contribution is -2.03. The van der Waals surface area contributed by atoms with Crippen molar-refractivity contribution >= 4 is 108 Å². The van der Waals surface area contributed by atoms with Crippen LogP contribution in [0.4, 0.5) is 0 Å². The summed E-state index contributed by atoms with van der Waals surface area (Å²) in [4.78, 5) is 10.8. The first-order valence-corrected chi connectivity index (χ1v) is 20.2. The maximum Gasteiger partial charge on any atom is 0.162 e. The first kappa shape index (κ1) is 30.9. The molecule has 4 nitrogen and oxygen atoms in total. The zero-order chi connectivity index (χ0) is 37.2. The zero-order valence-electron chi connectivity index (χ0n) is 30.5. The molecule has 0 fully saturated rings. The summed E-state index contributed by atoms with van der Waals surface area (Å²) in [7, 11) is 0. The van der Waals surface area contributed by atoms with Crippen molar-refractivity contribution in [2.75, 3.05) is 0 Å². The van der Waals surface area contributed by atoms with Crippen LogP contribution in [-0.4, -0.2) is 19.1 Å². The predicted octanol–water partition coefficient (Wildman–Crippen LogP) is 14.2. The lowest BCUT2D eigenvalue weighted by atomic mass is 10.0. The first-order chi connectivity index (χ1) is 28.3. The van der Waals surface area contributed by atoms with E-state index in [9.17, 15) is 0 Å². The molecular weight excluding hydrogens is 713 g/mol. The van der Waals surface area contributed by atoms with Crippen LogP contribution in [0.2, 0.25) is 0 Å². The van der Waals surface area contributed by atoms with Crippen molar-refractivity contribution in [2.24, 2.45) is 0 Å². The van der Waals surface area contributed by atoms with Gasteiger partial charge in [-0.25, -0.2) is 9.97 Å². The average molecular weight is 743 g/mol. The van der Waals surface area contributed by atoms with Crippen LogP contribution >= 0.6 is 11.3 Å². The molecule has 0 amide bonds. The van der Waals surface area contributed by atoms with Crippen molar-refractivity contribution in [3.63, 3.8) is 0 Å². The van der Waals surface area contributed by atoms with Crippen LogP contribution in [0.5, 0.6) is 0 Å². The van der Waals surface area contributed by atoms with Gasteiger partial charge in [-0.2, -0.15) is 0 Å². The summed E-state index contributed by atoms with van der Waals surface area (Å²) in [6.07, 6.45) is 0. The highest BCUT2D eigenvalue weighted by Crippen LogP contribution is 2.45. The molecule has 0 N–H and O–H groups in total. The standard InChI is InChI=1S/C52H30N4S/c1-3-15-34-31(13-1)25-27-44-48(34)38-19-6-10-22-42(38)55(44)50-35-16-4-2-14-32(35)30-45-49(50)39-20-7-11-23-43(39)56(45)52-37-18-5-9-21-41(37)53-51(54-52)33-26-28-47-40(29-33)36-17-8-12-24-46(36)57-47/h1-30H. The van der Waals surface area contributed by atoms with Gasteiger partial charge in [0, 0.05) is 58.1 Å². The number of hydrogen-bond acceptors (Lipinski definition) is 3. The van der Waals surface area contributed by atoms with Crippen LogP contribution in [-0.2, 0) is 0 Å². The monoisotopic (exact) mass is 742 g/mol. The molecule has 4 heterocycles. The number of rotatable bonds is 3. The highest BCUT2D eigenvalue weighted by atomic mass is 32.1. The predicted molar refractivity (Wildman–Crippen MR) is 242 cm³/mol. The molecule has 0 radical (unpaired) electrons. The van der Waals surface area contributed by atoms with Crippen LogP contribution in [0.15, 0.2) is 182 Å². The topological polar surface area (TPSA) is 35.6 Å². The minimum atomic E-state index is 0.710. The van der Waals surface area contributed by atoms with Crippen LogP contribution < -0.4 is 0 Å². The van der Waals surface area contributed by atoms with Gasteiger partial charge in [-0.3, -0.25) is 4.57 Å². The van der Waals surface area contributed by atoms with Gasteiger partial charge in [0.1, 0.15) is 5.82 Å². The molecular formula is C52H30N4S. The van der Waals surface area contributed by atoms with E-state index in [-0.39, 0.29) is 0 Å². The van der Waals surface area contributed by atoms with E-state index in [0.717, 1.165) is 33.3 Å². The number of para-hydroxylation sites is 3. The number of aromatic nitrogens is 4. The molecule has 13 aromatic rings. The Labute approximate surface area is 330 Å². The van der Waals surface area contributed by atoms with Crippen molar-refractivity contribution in [3.8, 4) is 22.9 Å². The Kier molecular flexibility index (Phi) is 6.29. The molecule has 264 valence electrons. The third kappa shape index (κ3) is 4.32. The minimum absolute atomic E-state index is 0.710. The van der Waals surface area contributed by atoms with Crippen molar-refractivity contribution in [2.45, 2.75) is 0 Å². The van der Waals surface area contributed by atoms with E-state index in [1.54, 1.807) is 0 Å². The molecule has 0 atom stereocenters. The van der Waals surface area contributed by atoms with Gasteiger partial charge in [0.05, 0.1) is 33.3 Å². The second kappa shape index (κ2) is 11.6. The van der Waals surface area contributed by atoms with Crippen molar-refractivity contribution in [1.29, 1.82) is 0 Å². The molecule has 0 bridgehead atoms. The van der Waals surface area contributed by atoms with Crippen molar-refractivity contribution < 1.29 is 0 Å². The Bertz CT molecular complexity index is 3830. The normalized spacial score (nSPS) is 12.2. The maximum atomic E-state index is 5.54. The van der Waals surface area contributed by atoms with E-state index in [4.69, 9.17) is 9.97 Å². The van der Waals surface area contributed by atoms with Crippen LogP contribution in [0.25, 0.3) is 119 Å². The quantitative estimate of drug-likeness (QED) is 0.181. The van der Waals surface area contributed by atoms with Gasteiger partial charge in [0.2, 0.25) is 0 Å². The van der Waals surface area contributed by atoms with Gasteiger partial charge in [-0.05, 0) is 76.8 Å². The molecule has 5 heteroatoms. The lowest BCUT2D eigenvalue weighted by molar-refractivity contribution is 1.08. The molecule has 13 rings (SSSR count). The van der Waals surface area contributed by atoms with Crippen LogP contribution in [0, 0.1) is 0 Å². The molecule has 9 aromatic carbocycles. The van der Waals surface area contributed by atoms with E-state index in [0.29, 0.717) is 5.82 Å². The molecule has 0 aliphatic rings. The second-order valence-electron chi connectivity index (χ2n) is 14.9. The summed E-state index contributed by atoms with van der Waals surface area (Å²) in [5, 5.41) is 13.3. The van der Waals surface area contributed by atoms with E-state index in [1.165, 1.54) is 80.0 Å². The van der Waals surface area contributed by atoms with E-state index in [1.807, 2.05) is 11.3 Å². The average Bonchev–Trinajstić information content (AvgIpc) is 3.93. The van der Waals surface area contributed by atoms with Gasteiger partial charge < -0.3 is 4.57 Å². The molecule has 0 spiro atoms. The fourth-order valence-electron chi connectivity index (χ4n) is 9.43. The number of thiophene rings is 1. The maximum absolute atomic E-state index is 5.54. The number of benzene rings is 9. The molecule has 0 aliphatic carbocycles. The van der Waals surface area contributed by atoms with E-state index in [2.05, 4.69) is 191 Å². The molecule has 4 aromatic heterocycles. The Balaban J connectivity index is 1.18. The zero-order valence-corrected chi connectivity index (χ0v) is 31.3. The third-order valence-electron chi connectivity index (χ3n) is 11.9. The molecule has 0 saturated carbocycles. The summed E-state index contributed by atoms with van der Waals surface area (Å²) >= 11 is 1.83. The number of fused-ring (bicyclic) bond motifs is 13. The Morgan fingerprint density at radius 2 is 1.00 bits per heavy atom. The highest BCUT2D eigenvalue weighted by molar-refractivity contribution is 7.25. The summed E-state index contributed by atoms with van der Waals surface area (Å²) in [5.74, 6) is 1.58. The van der Waals surface area contributed by atoms with E-state index < -0.39 is 0 Å². The summed E-state index contributed by atoms with van der Waals surface area (Å²) in [6, 6.07) is 65.9. The Hall–Kier alpha value is -7.34. The van der Waals surface area contributed by atoms with Gasteiger partial charge in [0.15, 0.2) is 5.82 Å². The summed E-state index contributed by atoms with van der Waals surface area (Å²) < 4.78 is 7.45. The second-order valence-corrected chi connectivity index (χ2v) is 16.0. The smallest absolute Gasteiger partial charge is 0.162 e. The fraction of sp³-hybridized carbons (Fsp3) is 0. The summed E-state index contributed by atoms with van der Waals surface area (Å²) in [5.41, 5.74) is 7.67. The van der Waals surface area contributed by atoms with Crippen molar-refractivity contribution in [1.82, 2.24) is 19.1 Å². The fourth-order valence-corrected chi connectivity index (χ4v) is 10.5. The largest absolute Gasteiger partial charge is 0.308 e. The SMILES string of the molecule is c1ccc2c(-n3c4ccccc4c4c5ccccc5ccc43)c3c4ccccc4n(-c4nc(-c5ccc6sc7ccccc7c6c5)nc5ccccc45)c3cc2c1. The van der Waals surface area contributed by atoms with E-state index >= 15 is 0 Å². The number of nitrogens with zero attached hydrogens (tertiary/aromatic N) is 4. The molecule has 0 unspecified atom stereocenters. The highest BCUT2D eigenvalue weighted by Gasteiger charge is 2.24. The van der Waals surface area contributed by atoms with Gasteiger partial charge >= 0.3 is 0 Å². The van der Waals surface area contributed by atoms with Crippen LogP contribution in [0.1, 0.15) is 0 Å². The summed E-state index contributed by atoms with van der Waals surface area (Å²) in [6.45, 7) is 0. The third-order valence-corrected chi connectivity index (χ3v) is 13.0. The Morgan fingerprint density at radius 1 is 0.368 bits per heavy atom. The molecule has 0 saturated heterocycles. The van der Waals surface area contributed by atoms with Gasteiger partial charge in [0.25, 0.3) is 0 Å². The van der Waals surface area contributed by atoms with Gasteiger partial charge in [-0.1, -0.05) is 121 Å². The van der Waals surface area contributed by atoms with Gasteiger partial charge in [-0.15, -0.1) is 11.3 Å². The molecule has 0 aliphatic heterocycles. The lowest BCUT2D eigenvalue weighted by Gasteiger charge is -2.16. The minimum Gasteiger partial charge on any atom is -0.308 e. The first-order valence-electron chi connectivity index (χ1n) is 19.3. The number of hydrogen-bond donors (Lipinski definition) is 0.